The second-order valence-corrected chi connectivity index (χ2v) is 6.45. The molecule has 17 heavy (non-hydrogen) atoms. The molecule has 0 saturated carbocycles. The maximum absolute atomic E-state index is 11.5. The number of aliphatic hydroxyl groups is 1. The van der Waals surface area contributed by atoms with Gasteiger partial charge in [0.05, 0.1) is 18.6 Å². The van der Waals surface area contributed by atoms with Gasteiger partial charge in [-0.25, -0.2) is 0 Å². The highest BCUT2D eigenvalue weighted by atomic mass is 16.5. The average molecular weight is 243 g/mol. The Morgan fingerprint density at radius 3 is 2.12 bits per heavy atom. The molecule has 1 rings (SSSR count). The lowest BCUT2D eigenvalue weighted by Crippen LogP contribution is -2.63. The van der Waals surface area contributed by atoms with E-state index in [0.29, 0.717) is 19.4 Å². The molecule has 0 unspecified atom stereocenters. The number of ether oxygens (including phenoxy) is 1. The van der Waals surface area contributed by atoms with Crippen LogP contribution in [-0.2, 0) is 9.53 Å². The number of carbonyl (C=O) groups excluding carboxylic acids is 1. The van der Waals surface area contributed by atoms with Crippen molar-refractivity contribution in [2.24, 2.45) is 0 Å². The lowest BCUT2D eigenvalue weighted by Gasteiger charge is -2.50. The van der Waals surface area contributed by atoms with Crippen LogP contribution in [0.1, 0.15) is 53.9 Å². The summed E-state index contributed by atoms with van der Waals surface area (Å²) in [4.78, 5) is 11.5. The van der Waals surface area contributed by atoms with Crippen LogP contribution in [0.3, 0.4) is 0 Å². The second-order valence-electron chi connectivity index (χ2n) is 6.45. The normalized spacial score (nSPS) is 25.3. The third-order valence-corrected chi connectivity index (χ3v) is 3.00. The maximum Gasteiger partial charge on any atom is 0.308 e. The lowest BCUT2D eigenvalue weighted by molar-refractivity contribution is -0.152. The first-order valence-corrected chi connectivity index (χ1v) is 6.25. The molecule has 4 heteroatoms. The summed E-state index contributed by atoms with van der Waals surface area (Å²) in [5.74, 6) is -0.316. The molecule has 1 saturated heterocycles. The number of carbonyl (C=O) groups is 1. The topological polar surface area (TPSA) is 58.6 Å². The first-order valence-electron chi connectivity index (χ1n) is 6.25. The van der Waals surface area contributed by atoms with Gasteiger partial charge in [0.15, 0.2) is 0 Å². The smallest absolute Gasteiger partial charge is 0.308 e. The Hall–Kier alpha value is -0.610. The summed E-state index contributed by atoms with van der Waals surface area (Å²) in [6, 6.07) is 0. The van der Waals surface area contributed by atoms with Crippen molar-refractivity contribution in [1.82, 2.24) is 5.32 Å². The zero-order valence-electron chi connectivity index (χ0n) is 11.6. The van der Waals surface area contributed by atoms with Crippen LogP contribution in [0.2, 0.25) is 0 Å². The van der Waals surface area contributed by atoms with Crippen LogP contribution in [0.15, 0.2) is 0 Å². The molecule has 1 fully saturated rings. The molecule has 0 aliphatic carbocycles. The van der Waals surface area contributed by atoms with E-state index in [0.717, 1.165) is 0 Å². The third-order valence-electron chi connectivity index (χ3n) is 3.00. The number of piperidine rings is 1. The van der Waals surface area contributed by atoms with Crippen molar-refractivity contribution < 1.29 is 14.6 Å². The first kappa shape index (κ1) is 14.5. The molecule has 1 heterocycles. The highest BCUT2D eigenvalue weighted by Gasteiger charge is 2.47. The molecule has 100 valence electrons. The third kappa shape index (κ3) is 4.28. The Morgan fingerprint density at radius 2 is 1.71 bits per heavy atom. The van der Waals surface area contributed by atoms with E-state index in [1.807, 2.05) is 27.7 Å². The van der Waals surface area contributed by atoms with Gasteiger partial charge in [-0.05, 0) is 47.5 Å². The van der Waals surface area contributed by atoms with E-state index in [1.54, 1.807) is 6.92 Å². The zero-order chi connectivity index (χ0) is 13.3. The molecular weight excluding hydrogens is 218 g/mol. The van der Waals surface area contributed by atoms with Gasteiger partial charge in [0, 0.05) is 11.1 Å². The van der Waals surface area contributed by atoms with E-state index in [1.165, 1.54) is 0 Å². The van der Waals surface area contributed by atoms with Crippen LogP contribution in [0.25, 0.3) is 0 Å². The number of rotatable bonds is 3. The number of hydrogen-bond acceptors (Lipinski definition) is 4. The van der Waals surface area contributed by atoms with E-state index in [-0.39, 0.29) is 23.5 Å². The van der Waals surface area contributed by atoms with Gasteiger partial charge in [0.2, 0.25) is 0 Å². The quantitative estimate of drug-likeness (QED) is 0.739. The molecule has 0 aromatic carbocycles. The fraction of sp³-hybridized carbons (Fsp3) is 0.923. The minimum absolute atomic E-state index is 0.0787. The average Bonchev–Trinajstić information content (AvgIpc) is 1.93. The predicted octanol–water partition coefficient (Wildman–Crippen LogP) is 1.61. The summed E-state index contributed by atoms with van der Waals surface area (Å²) >= 11 is 0. The minimum Gasteiger partial charge on any atom is -0.466 e. The van der Waals surface area contributed by atoms with Gasteiger partial charge in [-0.2, -0.15) is 0 Å². The summed E-state index contributed by atoms with van der Waals surface area (Å²) in [6.07, 6.45) is 1.19. The van der Waals surface area contributed by atoms with Crippen molar-refractivity contribution in [3.8, 4) is 0 Å². The Balaban J connectivity index is 2.77. The van der Waals surface area contributed by atoms with Crippen LogP contribution in [0.5, 0.6) is 0 Å². The molecule has 0 aromatic rings. The maximum atomic E-state index is 11.5. The Morgan fingerprint density at radius 1 is 1.24 bits per heavy atom. The van der Waals surface area contributed by atoms with Crippen molar-refractivity contribution in [2.45, 2.75) is 70.6 Å². The lowest BCUT2D eigenvalue weighted by atomic mass is 9.71. The second kappa shape index (κ2) is 4.58. The van der Waals surface area contributed by atoms with Crippen molar-refractivity contribution in [3.05, 3.63) is 0 Å². The van der Waals surface area contributed by atoms with Crippen LogP contribution < -0.4 is 5.32 Å². The highest BCUT2D eigenvalue weighted by molar-refractivity contribution is 5.70. The van der Waals surface area contributed by atoms with Crippen LogP contribution in [0, 0.1) is 0 Å². The molecule has 2 N–H and O–H groups in total. The Kier molecular flexibility index (Phi) is 3.89. The van der Waals surface area contributed by atoms with Gasteiger partial charge in [0.1, 0.15) is 0 Å². The van der Waals surface area contributed by atoms with E-state index in [9.17, 15) is 9.90 Å². The first-order chi connectivity index (χ1) is 7.58. The van der Waals surface area contributed by atoms with Crippen molar-refractivity contribution in [1.29, 1.82) is 0 Å². The summed E-state index contributed by atoms with van der Waals surface area (Å²) in [7, 11) is 0. The van der Waals surface area contributed by atoms with Gasteiger partial charge >= 0.3 is 5.97 Å². The molecule has 0 spiro atoms. The molecule has 1 aliphatic rings. The summed E-state index contributed by atoms with van der Waals surface area (Å²) < 4.78 is 4.93. The van der Waals surface area contributed by atoms with E-state index in [4.69, 9.17) is 4.74 Å². The molecule has 0 radical (unpaired) electrons. The van der Waals surface area contributed by atoms with Gasteiger partial charge in [-0.3, -0.25) is 4.79 Å². The van der Waals surface area contributed by atoms with Gasteiger partial charge in [-0.1, -0.05) is 0 Å². The largest absolute Gasteiger partial charge is 0.466 e. The molecular formula is C13H25NO3. The van der Waals surface area contributed by atoms with Crippen LogP contribution in [0.4, 0.5) is 0 Å². The fourth-order valence-electron chi connectivity index (χ4n) is 3.32. The number of nitrogens with one attached hydrogen (secondary N) is 1. The van der Waals surface area contributed by atoms with Gasteiger partial charge in [-0.15, -0.1) is 0 Å². The Bertz CT molecular complexity index is 281. The summed E-state index contributed by atoms with van der Waals surface area (Å²) in [5, 5.41) is 14.1. The molecule has 0 aromatic heterocycles. The van der Waals surface area contributed by atoms with Crippen molar-refractivity contribution >= 4 is 5.97 Å². The van der Waals surface area contributed by atoms with Gasteiger partial charge in [0.25, 0.3) is 0 Å². The molecule has 0 amide bonds. The number of esters is 1. The highest BCUT2D eigenvalue weighted by Crippen LogP contribution is 2.38. The summed E-state index contributed by atoms with van der Waals surface area (Å²) in [5.41, 5.74) is -1.32. The molecule has 4 nitrogen and oxygen atoms in total. The monoisotopic (exact) mass is 243 g/mol. The van der Waals surface area contributed by atoms with E-state index in [2.05, 4.69) is 5.32 Å². The Labute approximate surface area is 104 Å². The van der Waals surface area contributed by atoms with Gasteiger partial charge < -0.3 is 15.2 Å². The van der Waals surface area contributed by atoms with E-state index >= 15 is 0 Å². The molecule has 0 bridgehead atoms. The minimum atomic E-state index is -0.968. The predicted molar refractivity (Wildman–Crippen MR) is 66.7 cm³/mol. The van der Waals surface area contributed by atoms with Crippen LogP contribution in [-0.4, -0.2) is 34.4 Å². The SMILES string of the molecule is CCOC(=O)CC1(O)CC(C)(C)NC(C)(C)C1. The van der Waals surface area contributed by atoms with Crippen molar-refractivity contribution in [2.75, 3.05) is 6.61 Å². The number of hydrogen-bond donors (Lipinski definition) is 2. The fourth-order valence-corrected chi connectivity index (χ4v) is 3.32. The van der Waals surface area contributed by atoms with E-state index < -0.39 is 5.60 Å². The standard InChI is InChI=1S/C13H25NO3/c1-6-17-10(15)7-13(16)8-11(2,3)14-12(4,5)9-13/h14,16H,6-9H2,1-5H3. The van der Waals surface area contributed by atoms with Crippen molar-refractivity contribution in [3.63, 3.8) is 0 Å². The van der Waals surface area contributed by atoms with Crippen LogP contribution >= 0.6 is 0 Å². The molecule has 1 aliphatic heterocycles. The molecule has 0 atom stereocenters. The summed E-state index contributed by atoms with van der Waals surface area (Å²) in [6.45, 7) is 10.3. The zero-order valence-corrected chi connectivity index (χ0v) is 11.6.